The Kier molecular flexibility index (Phi) is 23.1. The largest absolute Gasteiger partial charge is 0.495 e. The first-order valence-electron chi connectivity index (χ1n) is 26.1. The summed E-state index contributed by atoms with van der Waals surface area (Å²) < 4.78 is 29.5. The van der Waals surface area contributed by atoms with Crippen molar-refractivity contribution in [1.82, 2.24) is 36.4 Å². The van der Waals surface area contributed by atoms with Gasteiger partial charge in [0.15, 0.2) is 5.72 Å². The fourth-order valence-corrected chi connectivity index (χ4v) is 10.2. The highest BCUT2D eigenvalue weighted by Gasteiger charge is 2.64. The number of ether oxygens (including phenoxy) is 5. The minimum atomic E-state index is -1.92. The van der Waals surface area contributed by atoms with Gasteiger partial charge in [-0.15, -0.1) is 0 Å². The second kappa shape index (κ2) is 28.8. The van der Waals surface area contributed by atoms with Crippen LogP contribution >= 0.6 is 23.4 Å². The molecule has 10 atom stereocenters. The van der Waals surface area contributed by atoms with Crippen molar-refractivity contribution in [1.29, 1.82) is 0 Å². The summed E-state index contributed by atoms with van der Waals surface area (Å²) in [5, 5.41) is 25.3. The third kappa shape index (κ3) is 16.7. The molecule has 0 aromatic heterocycles. The fraction of sp³-hybridized carbons (Fsp3) is 0.604. The van der Waals surface area contributed by atoms with E-state index in [-0.39, 0.29) is 50.3 Å². The van der Waals surface area contributed by atoms with E-state index >= 15 is 0 Å². The van der Waals surface area contributed by atoms with Gasteiger partial charge in [-0.2, -0.15) is 11.8 Å². The van der Waals surface area contributed by atoms with E-state index in [0.717, 1.165) is 33.1 Å². The summed E-state index contributed by atoms with van der Waals surface area (Å²) in [5.74, 6) is -4.10. The lowest BCUT2D eigenvalue weighted by atomic mass is 9.83. The molecule has 0 aliphatic carbocycles. The highest BCUT2D eigenvalue weighted by Crippen LogP contribution is 2.49. The lowest BCUT2D eigenvalue weighted by Gasteiger charge is -2.42. The van der Waals surface area contributed by atoms with Crippen molar-refractivity contribution in [2.75, 3.05) is 71.4 Å². The number of imide groups is 1. The molecule has 0 spiro atoms. The van der Waals surface area contributed by atoms with E-state index in [9.17, 15) is 48.3 Å². The van der Waals surface area contributed by atoms with Gasteiger partial charge >= 0.3 is 18.1 Å². The number of carbonyl (C=O) groups excluding carboxylic acids is 9. The summed E-state index contributed by atoms with van der Waals surface area (Å²) in [6, 6.07) is -0.907. The number of unbranched alkanes of at least 4 members (excludes halogenated alkanes) is 1. The summed E-state index contributed by atoms with van der Waals surface area (Å²) in [7, 11) is 5.69. The van der Waals surface area contributed by atoms with Crippen molar-refractivity contribution < 1.29 is 71.9 Å². The molecule has 4 aliphatic heterocycles. The Hall–Kier alpha value is -6.25. The molecule has 4 bridgehead atoms. The van der Waals surface area contributed by atoms with E-state index in [4.69, 9.17) is 41.0 Å². The number of amides is 9. The predicted molar refractivity (Wildman–Crippen MR) is 293 cm³/mol. The summed E-state index contributed by atoms with van der Waals surface area (Å²) in [4.78, 5) is 123. The monoisotopic (exact) mass is 1150 g/mol. The van der Waals surface area contributed by atoms with Crippen molar-refractivity contribution in [2.24, 2.45) is 11.7 Å². The van der Waals surface area contributed by atoms with Crippen LogP contribution < -0.4 is 42.0 Å². The van der Waals surface area contributed by atoms with Crippen LogP contribution in [0.1, 0.15) is 78.2 Å². The predicted octanol–water partition coefficient (Wildman–Crippen LogP) is 1.98. The van der Waals surface area contributed by atoms with Gasteiger partial charge in [0, 0.05) is 71.8 Å². The number of aliphatic hydroxyl groups is 1. The molecule has 0 radical (unpaired) electrons. The van der Waals surface area contributed by atoms with Crippen LogP contribution in [-0.2, 0) is 58.9 Å². The van der Waals surface area contributed by atoms with Crippen molar-refractivity contribution in [3.8, 4) is 5.75 Å². The standard InChI is InChI=1S/C53H76ClN9O15S/c1-30-13-12-15-39(75-8)53(73)29-38(76-51(72)60-53)31(2)46-52(4,78-46)40(28-44(67)62(6)36-26-33(25-30)27-37(74-7)45(36)54)77-49(70)32(3)61(5)50(71)59-35(19-24-79-9)48(69)58-34(14-10-11-20-55)47(68)57-22-21-56-41(64)18-23-63-42(65)16-17-43(63)66/h12-13,15-17,26-27,31-32,34-35,38-40,46,73H,10-11,14,18-25,28-29,55H2,1-9H3,(H,56,64)(H,57,68)(H,58,69)(H,59,71)(H,60,72)/b15-12+,30-13+/t31?,32-,34?,35-,38?,39?,40?,46?,52?,53?/m0/s1. The number of methoxy groups -OCH3 is 2. The van der Waals surface area contributed by atoms with Gasteiger partial charge in [0.2, 0.25) is 23.6 Å². The number of esters is 1. The zero-order valence-electron chi connectivity index (χ0n) is 46.2. The molecule has 26 heteroatoms. The molecule has 4 aliphatic rings. The number of anilines is 1. The summed E-state index contributed by atoms with van der Waals surface area (Å²) in [6.45, 7) is 6.91. The highest BCUT2D eigenvalue weighted by molar-refractivity contribution is 7.98. The molecule has 2 saturated heterocycles. The van der Waals surface area contributed by atoms with Crippen LogP contribution in [0.15, 0.2) is 48.1 Å². The molecular formula is C53H76ClN9O15S. The molecule has 8 unspecified atom stereocenters. The number of halogens is 1. The van der Waals surface area contributed by atoms with Gasteiger partial charge in [-0.05, 0) is 89.1 Å². The topological polar surface area (TPSA) is 319 Å². The number of benzene rings is 1. The average Bonchev–Trinajstić information content (AvgIpc) is 4.22. The molecular weight excluding hydrogens is 1070 g/mol. The Morgan fingerprint density at radius 2 is 1.71 bits per heavy atom. The molecule has 8 N–H and O–H groups in total. The van der Waals surface area contributed by atoms with Gasteiger partial charge in [-0.25, -0.2) is 14.4 Å². The number of carbonyl (C=O) groups is 9. The van der Waals surface area contributed by atoms with Crippen molar-refractivity contribution in [3.05, 3.63) is 58.7 Å². The zero-order valence-corrected chi connectivity index (χ0v) is 47.8. The normalized spacial score (nSPS) is 26.2. The molecule has 0 saturated carbocycles. The summed E-state index contributed by atoms with van der Waals surface area (Å²) in [6.07, 6.45) is 5.24. The number of hydrogen-bond donors (Lipinski definition) is 7. The molecule has 1 aromatic carbocycles. The van der Waals surface area contributed by atoms with Crippen molar-refractivity contribution >= 4 is 82.6 Å². The van der Waals surface area contributed by atoms with E-state index in [1.165, 1.54) is 51.9 Å². The third-order valence-electron chi connectivity index (χ3n) is 14.5. The first-order valence-corrected chi connectivity index (χ1v) is 27.9. The van der Waals surface area contributed by atoms with E-state index in [2.05, 4.69) is 26.6 Å². The van der Waals surface area contributed by atoms with Crippen LogP contribution in [-0.4, -0.2) is 189 Å². The van der Waals surface area contributed by atoms with E-state index in [0.29, 0.717) is 43.0 Å². The van der Waals surface area contributed by atoms with Gasteiger partial charge < -0.3 is 65.6 Å². The first kappa shape index (κ1) is 63.6. The number of nitrogens with one attached hydrogen (secondary N) is 5. The molecule has 24 nitrogen and oxygen atoms in total. The number of likely N-dealkylation sites (N-methyl/N-ethyl adjacent to an activating group) is 1. The molecule has 79 heavy (non-hydrogen) atoms. The number of allylic oxidation sites excluding steroid dienone is 3. The minimum absolute atomic E-state index is 0.0129. The Morgan fingerprint density at radius 3 is 2.37 bits per heavy atom. The third-order valence-corrected chi connectivity index (χ3v) is 15.5. The van der Waals surface area contributed by atoms with Gasteiger partial charge in [0.1, 0.15) is 52.8 Å². The van der Waals surface area contributed by atoms with Crippen LogP contribution in [0, 0.1) is 5.92 Å². The molecule has 5 rings (SSSR count). The minimum Gasteiger partial charge on any atom is -0.495 e. The maximum atomic E-state index is 14.5. The Morgan fingerprint density at radius 1 is 1.03 bits per heavy atom. The van der Waals surface area contributed by atoms with Crippen LogP contribution in [0.25, 0.3) is 0 Å². The number of thioether (sulfide) groups is 1. The van der Waals surface area contributed by atoms with E-state index in [1.807, 2.05) is 19.3 Å². The number of alkyl carbamates (subject to hydrolysis) is 1. The number of fused-ring (bicyclic) bond motifs is 5. The number of hydrogen-bond acceptors (Lipinski definition) is 17. The molecule has 2 fully saturated rings. The number of urea groups is 1. The number of nitrogens with two attached hydrogens (primary N) is 1. The fourth-order valence-electron chi connectivity index (χ4n) is 9.43. The lowest BCUT2D eigenvalue weighted by Crippen LogP contribution is -2.63. The van der Waals surface area contributed by atoms with Crippen LogP contribution in [0.3, 0.4) is 0 Å². The van der Waals surface area contributed by atoms with Crippen LogP contribution in [0.4, 0.5) is 15.3 Å². The maximum absolute atomic E-state index is 14.5. The molecule has 1 aromatic rings. The lowest BCUT2D eigenvalue weighted by molar-refractivity contribution is -0.158. The van der Waals surface area contributed by atoms with Crippen LogP contribution in [0.2, 0.25) is 5.02 Å². The Balaban J connectivity index is 1.32. The van der Waals surface area contributed by atoms with Crippen molar-refractivity contribution in [2.45, 2.75) is 133 Å². The van der Waals surface area contributed by atoms with Gasteiger partial charge in [-0.3, -0.25) is 39.0 Å². The Bertz CT molecular complexity index is 2520. The SMILES string of the molecule is COc1cc2cc(c1Cl)N(C)C(=O)CC(OC(=O)[C@H](C)N(C)C(=O)N[C@@H](CCSC)C(=O)NC(CCCCN)C(=O)NCCNC(=O)CCN1C(=O)C=CC1=O)C1(C)OC1C(C)C1CC(O)(NC(=O)O1)C(OC)/C=C/C=C(\C)C2. The van der Waals surface area contributed by atoms with Crippen LogP contribution in [0.5, 0.6) is 5.75 Å². The Labute approximate surface area is 469 Å². The second-order valence-corrected chi connectivity index (χ2v) is 21.6. The van der Waals surface area contributed by atoms with E-state index < -0.39 is 120 Å². The summed E-state index contributed by atoms with van der Waals surface area (Å²) >= 11 is 8.25. The average molecular weight is 1150 g/mol. The van der Waals surface area contributed by atoms with Gasteiger partial charge in [0.25, 0.3) is 11.8 Å². The number of epoxide rings is 1. The zero-order chi connectivity index (χ0) is 58.4. The maximum Gasteiger partial charge on any atom is 0.409 e. The summed E-state index contributed by atoms with van der Waals surface area (Å²) in [5.41, 5.74) is 4.35. The van der Waals surface area contributed by atoms with Gasteiger partial charge in [0.05, 0.1) is 25.3 Å². The van der Waals surface area contributed by atoms with Gasteiger partial charge in [-0.1, -0.05) is 42.3 Å². The first-order chi connectivity index (χ1) is 37.4. The highest BCUT2D eigenvalue weighted by atomic mass is 35.5. The van der Waals surface area contributed by atoms with E-state index in [1.54, 1.807) is 38.1 Å². The number of rotatable bonds is 22. The van der Waals surface area contributed by atoms with Crippen molar-refractivity contribution in [3.63, 3.8) is 0 Å². The number of nitrogens with zero attached hydrogens (tertiary/aromatic N) is 3. The smallest absolute Gasteiger partial charge is 0.409 e. The molecule has 4 heterocycles. The molecule has 436 valence electrons. The quantitative estimate of drug-likeness (QED) is 0.0378. The molecule has 9 amide bonds. The second-order valence-electron chi connectivity index (χ2n) is 20.2.